The van der Waals surface area contributed by atoms with Crippen LogP contribution in [0.2, 0.25) is 0 Å². The summed E-state index contributed by atoms with van der Waals surface area (Å²) >= 11 is 0. The first-order valence-electron chi connectivity index (χ1n) is 6.86. The topological polar surface area (TPSA) is 127 Å². The maximum absolute atomic E-state index is 13.7. The summed E-state index contributed by atoms with van der Waals surface area (Å²) in [5.41, 5.74) is -1.21. The van der Waals surface area contributed by atoms with Crippen molar-refractivity contribution in [3.8, 4) is 5.69 Å². The van der Waals surface area contributed by atoms with Crippen molar-refractivity contribution in [2.24, 2.45) is 0 Å². The first-order chi connectivity index (χ1) is 12.3. The van der Waals surface area contributed by atoms with Crippen molar-refractivity contribution in [1.82, 2.24) is 20.0 Å². The van der Waals surface area contributed by atoms with E-state index in [4.69, 9.17) is 5.11 Å². The van der Waals surface area contributed by atoms with E-state index in [0.717, 1.165) is 6.07 Å². The molecule has 0 saturated carbocycles. The van der Waals surface area contributed by atoms with Crippen molar-refractivity contribution in [2.45, 2.75) is 5.03 Å². The number of carboxylic acids is 1. The molecule has 12 heteroatoms. The number of aromatic nitrogens is 4. The Balaban J connectivity index is 1.88. The molecule has 0 saturated heterocycles. The zero-order valence-electron chi connectivity index (χ0n) is 12.7. The van der Waals surface area contributed by atoms with Crippen LogP contribution in [0, 0.1) is 11.6 Å². The van der Waals surface area contributed by atoms with E-state index < -0.39 is 43.9 Å². The quantitative estimate of drug-likeness (QED) is 0.684. The van der Waals surface area contributed by atoms with E-state index in [0.29, 0.717) is 17.8 Å². The van der Waals surface area contributed by atoms with Gasteiger partial charge in [-0.25, -0.2) is 23.2 Å². The minimum atomic E-state index is -4.25. The summed E-state index contributed by atoms with van der Waals surface area (Å²) in [6.07, 6.45) is 4.17. The lowest BCUT2D eigenvalue weighted by Gasteiger charge is -2.09. The van der Waals surface area contributed by atoms with E-state index >= 15 is 0 Å². The molecule has 0 aliphatic heterocycles. The normalized spacial score (nSPS) is 11.3. The second-order valence-electron chi connectivity index (χ2n) is 4.93. The molecule has 0 fully saturated rings. The minimum Gasteiger partial charge on any atom is -0.477 e. The Labute approximate surface area is 145 Å². The fraction of sp³-hybridized carbons (Fsp3) is 0. The number of nitrogens with one attached hydrogen (secondary N) is 1. The monoisotopic (exact) mass is 381 g/mol. The molecule has 9 nitrogen and oxygen atoms in total. The van der Waals surface area contributed by atoms with Gasteiger partial charge >= 0.3 is 5.97 Å². The summed E-state index contributed by atoms with van der Waals surface area (Å²) in [6.45, 7) is 0. The number of carboxylic acid groups (broad SMARTS) is 1. The van der Waals surface area contributed by atoms with Crippen molar-refractivity contribution in [1.29, 1.82) is 0 Å². The van der Waals surface area contributed by atoms with Gasteiger partial charge in [0.1, 0.15) is 17.2 Å². The van der Waals surface area contributed by atoms with Gasteiger partial charge in [0, 0.05) is 0 Å². The average Bonchev–Trinajstić information content (AvgIpc) is 3.08. The summed E-state index contributed by atoms with van der Waals surface area (Å²) in [4.78, 5) is 14.5. The number of nitrogens with zero attached hydrogens (tertiary/aromatic N) is 4. The van der Waals surface area contributed by atoms with E-state index in [2.05, 4.69) is 15.3 Å². The molecule has 0 radical (unpaired) electrons. The number of hydrogen-bond donors (Lipinski definition) is 2. The maximum Gasteiger partial charge on any atom is 0.341 e. The summed E-state index contributed by atoms with van der Waals surface area (Å²) in [7, 11) is -4.25. The maximum atomic E-state index is 13.7. The van der Waals surface area contributed by atoms with Crippen LogP contribution in [0.3, 0.4) is 0 Å². The predicted octanol–water partition coefficient (Wildman–Crippen LogP) is 1.44. The molecule has 3 aromatic rings. The first-order valence-corrected chi connectivity index (χ1v) is 8.34. The predicted molar refractivity (Wildman–Crippen MR) is 83.3 cm³/mol. The SMILES string of the molecule is O=C(O)c1c(F)cc(NS(=O)(=O)c2ccc(-n3ccnn3)cn2)cc1F. The molecule has 1 aromatic carbocycles. The smallest absolute Gasteiger partial charge is 0.341 e. The van der Waals surface area contributed by atoms with E-state index in [1.165, 1.54) is 29.3 Å². The molecule has 0 aliphatic rings. The van der Waals surface area contributed by atoms with Crippen LogP contribution in [0.5, 0.6) is 0 Å². The van der Waals surface area contributed by atoms with Crippen molar-refractivity contribution in [3.63, 3.8) is 0 Å². The number of pyridine rings is 1. The Morgan fingerprint density at radius 2 is 1.88 bits per heavy atom. The molecule has 3 rings (SSSR count). The van der Waals surface area contributed by atoms with Gasteiger partial charge in [0.05, 0.1) is 30.0 Å². The lowest BCUT2D eigenvalue weighted by Crippen LogP contribution is -2.16. The van der Waals surface area contributed by atoms with Crippen LogP contribution in [0.1, 0.15) is 10.4 Å². The first kappa shape index (κ1) is 17.4. The van der Waals surface area contributed by atoms with Crippen LogP contribution in [-0.4, -0.2) is 39.5 Å². The van der Waals surface area contributed by atoms with Crippen LogP contribution in [0.15, 0.2) is 47.9 Å². The fourth-order valence-electron chi connectivity index (χ4n) is 2.06. The van der Waals surface area contributed by atoms with Crippen molar-refractivity contribution in [3.05, 3.63) is 60.1 Å². The van der Waals surface area contributed by atoms with Gasteiger partial charge in [0.25, 0.3) is 10.0 Å². The van der Waals surface area contributed by atoms with Gasteiger partial charge in [0.15, 0.2) is 5.03 Å². The van der Waals surface area contributed by atoms with E-state index in [-0.39, 0.29) is 0 Å². The largest absolute Gasteiger partial charge is 0.477 e. The molecular formula is C14H9F2N5O4S. The second-order valence-corrected chi connectivity index (χ2v) is 6.56. The molecule has 2 heterocycles. The molecule has 0 unspecified atom stereocenters. The highest BCUT2D eigenvalue weighted by Gasteiger charge is 2.21. The highest BCUT2D eigenvalue weighted by molar-refractivity contribution is 7.92. The number of anilines is 1. The zero-order valence-corrected chi connectivity index (χ0v) is 13.5. The van der Waals surface area contributed by atoms with Gasteiger partial charge in [-0.15, -0.1) is 5.10 Å². The van der Waals surface area contributed by atoms with Crippen LogP contribution in [0.25, 0.3) is 5.69 Å². The number of carbonyl (C=O) groups is 1. The molecule has 0 atom stereocenters. The van der Waals surface area contributed by atoms with Gasteiger partial charge < -0.3 is 5.11 Å². The van der Waals surface area contributed by atoms with Gasteiger partial charge in [-0.3, -0.25) is 4.72 Å². The van der Waals surface area contributed by atoms with Crippen LogP contribution in [-0.2, 0) is 10.0 Å². The Morgan fingerprint density at radius 3 is 2.38 bits per heavy atom. The number of sulfonamides is 1. The number of rotatable bonds is 5. The minimum absolute atomic E-state index is 0.413. The van der Waals surface area contributed by atoms with Crippen molar-refractivity contribution < 1.29 is 27.1 Å². The van der Waals surface area contributed by atoms with Crippen LogP contribution >= 0.6 is 0 Å². The van der Waals surface area contributed by atoms with E-state index in [1.54, 1.807) is 0 Å². The molecular weight excluding hydrogens is 372 g/mol. The molecule has 0 aliphatic carbocycles. The molecule has 0 spiro atoms. The van der Waals surface area contributed by atoms with E-state index in [9.17, 15) is 22.0 Å². The number of aromatic carboxylic acids is 1. The Bertz CT molecular complexity index is 1050. The van der Waals surface area contributed by atoms with Crippen molar-refractivity contribution in [2.75, 3.05) is 4.72 Å². The summed E-state index contributed by atoms with van der Waals surface area (Å²) in [5.74, 6) is -4.63. The Morgan fingerprint density at radius 1 is 1.19 bits per heavy atom. The lowest BCUT2D eigenvalue weighted by molar-refractivity contribution is 0.0686. The Hall–Kier alpha value is -3.41. The number of benzene rings is 1. The standard InChI is InChI=1S/C14H9F2N5O4S/c15-10-5-8(6-11(16)13(10)14(22)23)19-26(24,25)12-2-1-9(7-17-12)21-4-3-18-20-21/h1-7,19H,(H,22,23). The molecule has 2 aromatic heterocycles. The van der Waals surface area contributed by atoms with Crippen LogP contribution < -0.4 is 4.72 Å². The molecule has 26 heavy (non-hydrogen) atoms. The second kappa shape index (κ2) is 6.48. The van der Waals surface area contributed by atoms with Gasteiger partial charge in [-0.2, -0.15) is 8.42 Å². The Kier molecular flexibility index (Phi) is 4.34. The molecule has 0 bridgehead atoms. The fourth-order valence-corrected chi connectivity index (χ4v) is 3.03. The lowest BCUT2D eigenvalue weighted by atomic mass is 10.2. The molecule has 2 N–H and O–H groups in total. The highest BCUT2D eigenvalue weighted by atomic mass is 32.2. The summed E-state index contributed by atoms with van der Waals surface area (Å²) < 4.78 is 55.2. The van der Waals surface area contributed by atoms with E-state index in [1.807, 2.05) is 4.72 Å². The zero-order chi connectivity index (χ0) is 18.9. The molecule has 0 amide bonds. The number of halogens is 2. The summed E-state index contributed by atoms with van der Waals surface area (Å²) in [5, 5.41) is 15.6. The number of hydrogen-bond acceptors (Lipinski definition) is 6. The van der Waals surface area contributed by atoms with Crippen molar-refractivity contribution >= 4 is 21.7 Å². The third-order valence-electron chi connectivity index (χ3n) is 3.19. The highest BCUT2D eigenvalue weighted by Crippen LogP contribution is 2.21. The molecule has 134 valence electrons. The van der Waals surface area contributed by atoms with Gasteiger partial charge in [-0.1, -0.05) is 5.21 Å². The van der Waals surface area contributed by atoms with Gasteiger partial charge in [0.2, 0.25) is 0 Å². The third kappa shape index (κ3) is 3.35. The summed E-state index contributed by atoms with van der Waals surface area (Å²) in [6, 6.07) is 3.70. The van der Waals surface area contributed by atoms with Crippen LogP contribution in [0.4, 0.5) is 14.5 Å². The van der Waals surface area contributed by atoms with Gasteiger partial charge in [-0.05, 0) is 24.3 Å². The third-order valence-corrected chi connectivity index (χ3v) is 4.49. The average molecular weight is 381 g/mol.